The van der Waals surface area contributed by atoms with Crippen LogP contribution >= 0.6 is 12.4 Å². The molecule has 0 aliphatic carbocycles. The molecule has 0 spiro atoms. The van der Waals surface area contributed by atoms with Gasteiger partial charge in [-0.15, -0.1) is 12.4 Å². The molecule has 1 aromatic heterocycles. The fourth-order valence-corrected chi connectivity index (χ4v) is 2.17. The Bertz CT molecular complexity index is 443. The van der Waals surface area contributed by atoms with Crippen molar-refractivity contribution in [2.45, 2.75) is 6.42 Å². The van der Waals surface area contributed by atoms with E-state index < -0.39 is 0 Å². The average Bonchev–Trinajstić information content (AvgIpc) is 2.95. The fourth-order valence-electron chi connectivity index (χ4n) is 2.17. The van der Waals surface area contributed by atoms with Gasteiger partial charge in [0.2, 0.25) is 5.95 Å². The van der Waals surface area contributed by atoms with Crippen molar-refractivity contribution in [1.29, 1.82) is 0 Å². The molecular weight excluding hydrogens is 236 g/mol. The summed E-state index contributed by atoms with van der Waals surface area (Å²) in [6.45, 7) is 3.26. The van der Waals surface area contributed by atoms with E-state index in [0.717, 1.165) is 42.5 Å². The van der Waals surface area contributed by atoms with Gasteiger partial charge in [0, 0.05) is 6.54 Å². The van der Waals surface area contributed by atoms with E-state index in [0.29, 0.717) is 0 Å². The zero-order valence-corrected chi connectivity index (χ0v) is 10.4. The molecule has 17 heavy (non-hydrogen) atoms. The van der Waals surface area contributed by atoms with Gasteiger partial charge < -0.3 is 15.6 Å². The first-order chi connectivity index (χ1) is 7.92. The number of aromatic nitrogens is 2. The summed E-state index contributed by atoms with van der Waals surface area (Å²) < 4.78 is 0. The average molecular weight is 253 g/mol. The lowest BCUT2D eigenvalue weighted by atomic mass is 10.1. The van der Waals surface area contributed by atoms with Crippen molar-refractivity contribution in [3.63, 3.8) is 0 Å². The second-order valence-corrected chi connectivity index (χ2v) is 4.34. The Morgan fingerprint density at radius 1 is 1.35 bits per heavy atom. The number of fused-ring (bicyclic) bond motifs is 1. The van der Waals surface area contributed by atoms with Crippen LogP contribution in [0.3, 0.4) is 0 Å². The number of hydrogen-bond acceptors (Lipinski definition) is 3. The number of nitrogens with zero attached hydrogens (tertiary/aromatic N) is 1. The van der Waals surface area contributed by atoms with Gasteiger partial charge in [-0.05, 0) is 37.6 Å². The predicted octanol–water partition coefficient (Wildman–Crippen LogP) is 2.01. The monoisotopic (exact) mass is 252 g/mol. The molecule has 0 saturated carbocycles. The number of aromatic amines is 1. The van der Waals surface area contributed by atoms with Crippen LogP contribution in [-0.2, 0) is 0 Å². The van der Waals surface area contributed by atoms with Crippen LogP contribution in [0, 0.1) is 5.92 Å². The summed E-state index contributed by atoms with van der Waals surface area (Å²) >= 11 is 0. The number of imidazole rings is 1. The number of anilines is 1. The van der Waals surface area contributed by atoms with Crippen molar-refractivity contribution in [2.24, 2.45) is 5.92 Å². The molecule has 3 N–H and O–H groups in total. The minimum atomic E-state index is 0. The van der Waals surface area contributed by atoms with E-state index in [-0.39, 0.29) is 12.4 Å². The van der Waals surface area contributed by atoms with Crippen LogP contribution in [-0.4, -0.2) is 29.6 Å². The zero-order valence-electron chi connectivity index (χ0n) is 9.57. The maximum Gasteiger partial charge on any atom is 0.201 e. The number of para-hydroxylation sites is 2. The number of benzene rings is 1. The first-order valence-corrected chi connectivity index (χ1v) is 5.81. The number of halogens is 1. The third-order valence-electron chi connectivity index (χ3n) is 3.11. The van der Waals surface area contributed by atoms with Crippen molar-refractivity contribution in [1.82, 2.24) is 15.3 Å². The molecule has 2 heterocycles. The predicted molar refractivity (Wildman–Crippen MR) is 72.8 cm³/mol. The molecule has 2 aromatic rings. The van der Waals surface area contributed by atoms with Gasteiger partial charge in [-0.25, -0.2) is 4.98 Å². The molecule has 0 bridgehead atoms. The Hall–Kier alpha value is -1.26. The quantitative estimate of drug-likeness (QED) is 0.783. The largest absolute Gasteiger partial charge is 0.355 e. The van der Waals surface area contributed by atoms with Crippen molar-refractivity contribution in [3.05, 3.63) is 24.3 Å². The molecule has 1 aliphatic heterocycles. The van der Waals surface area contributed by atoms with Crippen LogP contribution in [0.5, 0.6) is 0 Å². The molecule has 5 heteroatoms. The van der Waals surface area contributed by atoms with Gasteiger partial charge in [-0.1, -0.05) is 12.1 Å². The van der Waals surface area contributed by atoms with E-state index in [1.807, 2.05) is 24.3 Å². The Morgan fingerprint density at radius 3 is 3.00 bits per heavy atom. The first kappa shape index (κ1) is 12.2. The molecule has 1 unspecified atom stereocenters. The third kappa shape index (κ3) is 2.70. The zero-order chi connectivity index (χ0) is 10.8. The molecule has 1 saturated heterocycles. The van der Waals surface area contributed by atoms with E-state index in [9.17, 15) is 0 Å². The summed E-state index contributed by atoms with van der Waals surface area (Å²) in [5.41, 5.74) is 2.11. The molecule has 0 radical (unpaired) electrons. The van der Waals surface area contributed by atoms with Crippen LogP contribution < -0.4 is 10.6 Å². The highest BCUT2D eigenvalue weighted by molar-refractivity contribution is 5.85. The Morgan fingerprint density at radius 2 is 2.24 bits per heavy atom. The molecule has 1 atom stereocenters. The number of nitrogens with one attached hydrogen (secondary N) is 3. The van der Waals surface area contributed by atoms with Crippen molar-refractivity contribution in [2.75, 3.05) is 25.0 Å². The van der Waals surface area contributed by atoms with E-state index in [2.05, 4.69) is 20.6 Å². The number of rotatable bonds is 3. The van der Waals surface area contributed by atoms with Crippen molar-refractivity contribution < 1.29 is 0 Å². The molecule has 3 rings (SSSR count). The van der Waals surface area contributed by atoms with Gasteiger partial charge in [0.1, 0.15) is 0 Å². The van der Waals surface area contributed by atoms with Crippen LogP contribution in [0.25, 0.3) is 11.0 Å². The summed E-state index contributed by atoms with van der Waals surface area (Å²) in [7, 11) is 0. The summed E-state index contributed by atoms with van der Waals surface area (Å²) in [5, 5.41) is 6.73. The van der Waals surface area contributed by atoms with Gasteiger partial charge >= 0.3 is 0 Å². The second kappa shape index (κ2) is 5.38. The first-order valence-electron chi connectivity index (χ1n) is 5.81. The van der Waals surface area contributed by atoms with Gasteiger partial charge in [0.25, 0.3) is 0 Å². The number of hydrogen-bond donors (Lipinski definition) is 3. The molecule has 0 amide bonds. The fraction of sp³-hybridized carbons (Fsp3) is 0.417. The summed E-state index contributed by atoms with van der Waals surface area (Å²) in [6, 6.07) is 8.10. The van der Waals surface area contributed by atoms with E-state index in [1.165, 1.54) is 6.42 Å². The van der Waals surface area contributed by atoms with Crippen LogP contribution in [0.15, 0.2) is 24.3 Å². The van der Waals surface area contributed by atoms with Crippen molar-refractivity contribution >= 4 is 29.4 Å². The van der Waals surface area contributed by atoms with E-state index >= 15 is 0 Å². The summed E-state index contributed by atoms with van der Waals surface area (Å²) in [4.78, 5) is 7.76. The lowest BCUT2D eigenvalue weighted by Crippen LogP contribution is -2.17. The highest BCUT2D eigenvalue weighted by Gasteiger charge is 2.14. The SMILES string of the molecule is Cl.c1ccc2[nH]c(NCC3CCNC3)nc2c1. The molecule has 4 nitrogen and oxygen atoms in total. The lowest BCUT2D eigenvalue weighted by molar-refractivity contribution is 0.613. The second-order valence-electron chi connectivity index (χ2n) is 4.34. The molecule has 1 aliphatic rings. The van der Waals surface area contributed by atoms with Crippen molar-refractivity contribution in [3.8, 4) is 0 Å². The Balaban J connectivity index is 0.00000108. The smallest absolute Gasteiger partial charge is 0.201 e. The van der Waals surface area contributed by atoms with Crippen LogP contribution in [0.4, 0.5) is 5.95 Å². The highest BCUT2D eigenvalue weighted by atomic mass is 35.5. The van der Waals surface area contributed by atoms with Crippen LogP contribution in [0.1, 0.15) is 6.42 Å². The molecule has 1 aromatic carbocycles. The van der Waals surface area contributed by atoms with Gasteiger partial charge in [-0.2, -0.15) is 0 Å². The third-order valence-corrected chi connectivity index (χ3v) is 3.11. The minimum absolute atomic E-state index is 0. The van der Waals surface area contributed by atoms with Gasteiger partial charge in [0.05, 0.1) is 11.0 Å². The molecular formula is C12H17ClN4. The molecule has 1 fully saturated rings. The molecule has 92 valence electrons. The minimum Gasteiger partial charge on any atom is -0.355 e. The summed E-state index contributed by atoms with van der Waals surface area (Å²) in [6.07, 6.45) is 1.26. The topological polar surface area (TPSA) is 52.7 Å². The standard InChI is InChI=1S/C12H16N4.ClH/c1-2-4-11-10(3-1)15-12(16-11)14-8-9-5-6-13-7-9;/h1-4,9,13H,5-8H2,(H2,14,15,16);1H. The maximum absolute atomic E-state index is 4.49. The van der Waals surface area contributed by atoms with Crippen LogP contribution in [0.2, 0.25) is 0 Å². The van der Waals surface area contributed by atoms with Gasteiger partial charge in [0.15, 0.2) is 0 Å². The normalized spacial score (nSPS) is 19.2. The highest BCUT2D eigenvalue weighted by Crippen LogP contribution is 2.14. The van der Waals surface area contributed by atoms with E-state index in [1.54, 1.807) is 0 Å². The number of H-pyrrole nitrogens is 1. The Labute approximate surface area is 107 Å². The maximum atomic E-state index is 4.49. The lowest BCUT2D eigenvalue weighted by Gasteiger charge is -2.08. The Kier molecular flexibility index (Phi) is 3.86. The summed E-state index contributed by atoms with van der Waals surface area (Å²) in [5.74, 6) is 1.61. The van der Waals surface area contributed by atoms with E-state index in [4.69, 9.17) is 0 Å². The van der Waals surface area contributed by atoms with Gasteiger partial charge in [-0.3, -0.25) is 0 Å².